The first-order chi connectivity index (χ1) is 18.3. The van der Waals surface area contributed by atoms with Gasteiger partial charge in [0.15, 0.2) is 0 Å². The topological polar surface area (TPSA) is 119 Å². The molecule has 8 nitrogen and oxygen atoms in total. The van der Waals surface area contributed by atoms with Crippen LogP contribution in [0.1, 0.15) is 48.8 Å². The molecular weight excluding hydrogens is 484 g/mol. The fourth-order valence-electron chi connectivity index (χ4n) is 5.00. The summed E-state index contributed by atoms with van der Waals surface area (Å²) in [5.41, 5.74) is 2.61. The number of carbonyl (C=O) groups is 2. The van der Waals surface area contributed by atoms with E-state index in [9.17, 15) is 24.8 Å². The molecular formula is C30H28N2O6. The first-order valence-electron chi connectivity index (χ1n) is 12.2. The summed E-state index contributed by atoms with van der Waals surface area (Å²) in [6, 6.07) is 25.7. The number of hydrogen-bond donors (Lipinski definition) is 2. The molecule has 38 heavy (non-hydrogen) atoms. The van der Waals surface area contributed by atoms with Gasteiger partial charge >= 0.3 is 11.9 Å². The minimum Gasteiger partial charge on any atom is -0.478 e. The Hall–Kier alpha value is -4.72. The molecule has 1 aliphatic rings. The molecule has 0 radical (unpaired) electrons. The maximum atomic E-state index is 13.5. The lowest BCUT2D eigenvalue weighted by Gasteiger charge is -2.29. The van der Waals surface area contributed by atoms with Crippen LogP contribution in [0.15, 0.2) is 107 Å². The van der Waals surface area contributed by atoms with Gasteiger partial charge in [0, 0.05) is 28.9 Å². The Labute approximate surface area is 220 Å². The summed E-state index contributed by atoms with van der Waals surface area (Å²) in [7, 11) is 0. The van der Waals surface area contributed by atoms with Crippen LogP contribution in [0.5, 0.6) is 0 Å². The number of nitro groups is 1. The van der Waals surface area contributed by atoms with Crippen LogP contribution in [-0.4, -0.2) is 28.6 Å². The predicted octanol–water partition coefficient (Wildman–Crippen LogP) is 5.68. The lowest BCUT2D eigenvalue weighted by Crippen LogP contribution is -2.32. The van der Waals surface area contributed by atoms with E-state index < -0.39 is 22.8 Å². The van der Waals surface area contributed by atoms with Gasteiger partial charge in [0.2, 0.25) is 0 Å². The van der Waals surface area contributed by atoms with Gasteiger partial charge in [-0.2, -0.15) is 0 Å². The largest absolute Gasteiger partial charge is 0.478 e. The van der Waals surface area contributed by atoms with E-state index in [4.69, 9.17) is 4.74 Å². The first-order valence-corrected chi connectivity index (χ1v) is 12.2. The highest BCUT2D eigenvalue weighted by Crippen LogP contribution is 2.42. The number of benzene rings is 3. The number of dihydropyridines is 1. The summed E-state index contributed by atoms with van der Waals surface area (Å²) >= 11 is 0. The first kappa shape index (κ1) is 26.3. The van der Waals surface area contributed by atoms with E-state index in [-0.39, 0.29) is 34.9 Å². The maximum absolute atomic E-state index is 13.5. The van der Waals surface area contributed by atoms with Crippen molar-refractivity contribution in [1.82, 2.24) is 5.32 Å². The van der Waals surface area contributed by atoms with Gasteiger partial charge in [0.25, 0.3) is 5.69 Å². The van der Waals surface area contributed by atoms with Gasteiger partial charge in [0.05, 0.1) is 28.6 Å². The van der Waals surface area contributed by atoms with Crippen molar-refractivity contribution in [1.29, 1.82) is 0 Å². The standard InChI is InChI=1S/C30H28N2O6/c1-19-26(29(33)34)28(24-15-9-10-16-25(24)32(36)37)27(20(2)31-19)30(35)38-18-17-23(21-11-5-3-6-12-21)22-13-7-4-8-14-22/h3-16,23,28,31H,17-18H2,1-2H3,(H,33,34). The molecule has 0 bridgehead atoms. The second kappa shape index (κ2) is 11.6. The third-order valence-corrected chi connectivity index (χ3v) is 6.70. The molecule has 0 fully saturated rings. The van der Waals surface area contributed by atoms with Crippen LogP contribution in [-0.2, 0) is 14.3 Å². The molecule has 0 spiro atoms. The molecule has 4 rings (SSSR count). The molecule has 2 N–H and O–H groups in total. The quantitative estimate of drug-likeness (QED) is 0.215. The lowest BCUT2D eigenvalue weighted by atomic mass is 9.79. The third kappa shape index (κ3) is 5.49. The van der Waals surface area contributed by atoms with Gasteiger partial charge in [-0.3, -0.25) is 10.1 Å². The van der Waals surface area contributed by atoms with Crippen molar-refractivity contribution in [3.05, 3.63) is 134 Å². The number of allylic oxidation sites excluding steroid dienone is 2. The average molecular weight is 513 g/mol. The highest BCUT2D eigenvalue weighted by Gasteiger charge is 2.40. The van der Waals surface area contributed by atoms with E-state index >= 15 is 0 Å². The number of esters is 1. The van der Waals surface area contributed by atoms with E-state index in [1.807, 2.05) is 60.7 Å². The fraction of sp³-hybridized carbons (Fsp3) is 0.200. The zero-order valence-electron chi connectivity index (χ0n) is 21.1. The highest BCUT2D eigenvalue weighted by molar-refractivity contribution is 5.99. The van der Waals surface area contributed by atoms with Gasteiger partial charge in [-0.05, 0) is 31.4 Å². The SMILES string of the molecule is CC1=C(C(=O)O)C(c2ccccc2[N+](=O)[O-])C(C(=O)OCCC(c2ccccc2)c2ccccc2)=C(C)N1. The summed E-state index contributed by atoms with van der Waals surface area (Å²) in [6.07, 6.45) is 0.496. The summed E-state index contributed by atoms with van der Waals surface area (Å²) in [6.45, 7) is 3.27. The fourth-order valence-corrected chi connectivity index (χ4v) is 5.00. The van der Waals surface area contributed by atoms with Gasteiger partial charge in [0.1, 0.15) is 0 Å². The van der Waals surface area contributed by atoms with Gasteiger partial charge in [-0.25, -0.2) is 9.59 Å². The Morgan fingerprint density at radius 3 is 1.97 bits per heavy atom. The molecule has 3 aromatic rings. The highest BCUT2D eigenvalue weighted by atomic mass is 16.6. The predicted molar refractivity (Wildman–Crippen MR) is 142 cm³/mol. The van der Waals surface area contributed by atoms with Gasteiger partial charge < -0.3 is 15.2 Å². The van der Waals surface area contributed by atoms with E-state index in [1.165, 1.54) is 18.2 Å². The van der Waals surface area contributed by atoms with Crippen LogP contribution in [0.4, 0.5) is 5.69 Å². The van der Waals surface area contributed by atoms with E-state index in [1.54, 1.807) is 19.9 Å². The number of hydrogen-bond acceptors (Lipinski definition) is 6. The van der Waals surface area contributed by atoms with Crippen LogP contribution < -0.4 is 5.32 Å². The van der Waals surface area contributed by atoms with Crippen LogP contribution in [0.25, 0.3) is 0 Å². The molecule has 3 aromatic carbocycles. The molecule has 0 aromatic heterocycles. The lowest BCUT2D eigenvalue weighted by molar-refractivity contribution is -0.385. The second-order valence-corrected chi connectivity index (χ2v) is 9.05. The number of aliphatic carboxylic acids is 1. The van der Waals surface area contributed by atoms with Crippen LogP contribution in [0.3, 0.4) is 0 Å². The summed E-state index contributed by atoms with van der Waals surface area (Å²) < 4.78 is 5.72. The molecule has 0 saturated carbocycles. The minimum atomic E-state index is -1.27. The van der Waals surface area contributed by atoms with E-state index in [0.29, 0.717) is 17.8 Å². The monoisotopic (exact) mass is 512 g/mol. The Morgan fingerprint density at radius 2 is 1.42 bits per heavy atom. The zero-order valence-corrected chi connectivity index (χ0v) is 21.1. The molecule has 1 unspecified atom stereocenters. The number of carbonyl (C=O) groups excluding carboxylic acids is 1. The molecule has 194 valence electrons. The van der Waals surface area contributed by atoms with E-state index in [2.05, 4.69) is 5.32 Å². The second-order valence-electron chi connectivity index (χ2n) is 9.05. The van der Waals surface area contributed by atoms with Crippen molar-refractivity contribution < 1.29 is 24.4 Å². The molecule has 1 aliphatic heterocycles. The number of ether oxygens (including phenoxy) is 1. The van der Waals surface area contributed by atoms with Gasteiger partial charge in [-0.15, -0.1) is 0 Å². The summed E-state index contributed by atoms with van der Waals surface area (Å²) in [4.78, 5) is 37.0. The Balaban J connectivity index is 1.64. The Morgan fingerprint density at radius 1 is 0.895 bits per heavy atom. The smallest absolute Gasteiger partial charge is 0.336 e. The van der Waals surface area contributed by atoms with Crippen LogP contribution in [0, 0.1) is 10.1 Å². The molecule has 0 saturated heterocycles. The van der Waals surface area contributed by atoms with Crippen molar-refractivity contribution in [2.45, 2.75) is 32.1 Å². The number of carboxylic acid groups (broad SMARTS) is 1. The Kier molecular flexibility index (Phi) is 8.01. The van der Waals surface area contributed by atoms with Crippen molar-refractivity contribution in [2.75, 3.05) is 6.61 Å². The average Bonchev–Trinajstić information content (AvgIpc) is 2.91. The van der Waals surface area contributed by atoms with Crippen LogP contribution >= 0.6 is 0 Å². The molecule has 8 heteroatoms. The summed E-state index contributed by atoms with van der Waals surface area (Å²) in [5.74, 6) is -3.18. The van der Waals surface area contributed by atoms with E-state index in [0.717, 1.165) is 11.1 Å². The van der Waals surface area contributed by atoms with Crippen molar-refractivity contribution in [3.8, 4) is 0 Å². The number of nitrogens with zero attached hydrogens (tertiary/aromatic N) is 1. The normalized spacial score (nSPS) is 15.3. The molecule has 0 amide bonds. The number of carboxylic acids is 1. The van der Waals surface area contributed by atoms with Crippen molar-refractivity contribution >= 4 is 17.6 Å². The molecule has 1 atom stereocenters. The Bertz CT molecular complexity index is 1370. The van der Waals surface area contributed by atoms with Crippen molar-refractivity contribution in [2.24, 2.45) is 0 Å². The number of nitrogens with one attached hydrogen (secondary N) is 1. The number of para-hydroxylation sites is 1. The van der Waals surface area contributed by atoms with Crippen molar-refractivity contribution in [3.63, 3.8) is 0 Å². The minimum absolute atomic E-state index is 0.0208. The third-order valence-electron chi connectivity index (χ3n) is 6.70. The van der Waals surface area contributed by atoms with Crippen LogP contribution in [0.2, 0.25) is 0 Å². The number of rotatable bonds is 9. The number of nitro benzene ring substituents is 1. The molecule has 0 aliphatic carbocycles. The molecule has 1 heterocycles. The zero-order chi connectivity index (χ0) is 27.2. The maximum Gasteiger partial charge on any atom is 0.336 e. The van der Waals surface area contributed by atoms with Gasteiger partial charge in [-0.1, -0.05) is 78.9 Å². The summed E-state index contributed by atoms with van der Waals surface area (Å²) in [5, 5.41) is 24.8.